The molecule has 1 aromatic rings. The van der Waals surface area contributed by atoms with Crippen LogP contribution >= 0.6 is 0 Å². The third-order valence-electron chi connectivity index (χ3n) is 1.48. The number of nitrogens with one attached hydrogen (secondary N) is 2. The first-order valence-electron chi connectivity index (χ1n) is 3.80. The van der Waals surface area contributed by atoms with Crippen molar-refractivity contribution in [3.05, 3.63) is 6.20 Å². The van der Waals surface area contributed by atoms with Gasteiger partial charge in [0.15, 0.2) is 0 Å². The molecule has 1 heterocycles. The van der Waals surface area contributed by atoms with Gasteiger partial charge < -0.3 is 5.73 Å². The highest BCUT2D eigenvalue weighted by atomic mass is 32.2. The summed E-state index contributed by atoms with van der Waals surface area (Å²) in [5.41, 5.74) is 5.35. The number of H-pyrrole nitrogens is 1. The Morgan fingerprint density at radius 2 is 2.43 bits per heavy atom. The molecule has 1 aromatic heterocycles. The second-order valence-corrected chi connectivity index (χ2v) is 4.24. The van der Waals surface area contributed by atoms with Gasteiger partial charge in [0.1, 0.15) is 10.7 Å². The quantitative estimate of drug-likeness (QED) is 0.455. The Kier molecular flexibility index (Phi) is 3.11. The van der Waals surface area contributed by atoms with E-state index in [0.717, 1.165) is 6.20 Å². The minimum atomic E-state index is -3.58. The predicted octanol–water partition coefficient (Wildman–Crippen LogP) is -0.707. The van der Waals surface area contributed by atoms with Gasteiger partial charge in [0, 0.05) is 13.0 Å². The number of hydrogen-bond acceptors (Lipinski definition) is 4. The van der Waals surface area contributed by atoms with Gasteiger partial charge in [0.25, 0.3) is 0 Å². The smallest absolute Gasteiger partial charge is 0.245 e. The maximum Gasteiger partial charge on any atom is 0.245 e. The van der Waals surface area contributed by atoms with E-state index in [4.69, 9.17) is 12.2 Å². The minimum absolute atomic E-state index is 0.0122. The fourth-order valence-electron chi connectivity index (χ4n) is 0.835. The van der Waals surface area contributed by atoms with Crippen molar-refractivity contribution < 1.29 is 8.42 Å². The number of nitrogen functional groups attached to an aromatic ring is 1. The second-order valence-electron chi connectivity index (χ2n) is 2.50. The van der Waals surface area contributed by atoms with E-state index in [1.165, 1.54) is 0 Å². The normalized spacial score (nSPS) is 11.1. The molecule has 4 N–H and O–H groups in total. The maximum atomic E-state index is 11.5. The molecule has 0 unspecified atom stereocenters. The highest BCUT2D eigenvalue weighted by Gasteiger charge is 2.17. The molecule has 0 aliphatic carbocycles. The van der Waals surface area contributed by atoms with E-state index in [9.17, 15) is 8.42 Å². The molecule has 0 aliphatic heterocycles. The standard InChI is InChI=1S/C7H10N4O2S/c1-2-3-4-10-14(12,13)6-5-9-11-7(6)8/h1,5,10H,3-4H2,(H3,8,9,11). The minimum Gasteiger partial charge on any atom is -0.383 e. The zero-order valence-electron chi connectivity index (χ0n) is 7.32. The maximum absolute atomic E-state index is 11.5. The number of sulfonamides is 1. The van der Waals surface area contributed by atoms with Crippen molar-refractivity contribution in [1.29, 1.82) is 0 Å². The van der Waals surface area contributed by atoms with Crippen LogP contribution in [0.25, 0.3) is 0 Å². The van der Waals surface area contributed by atoms with Gasteiger partial charge in [-0.2, -0.15) is 5.10 Å². The number of aromatic amines is 1. The van der Waals surface area contributed by atoms with Crippen LogP contribution in [0.15, 0.2) is 11.1 Å². The Labute approximate surface area is 81.9 Å². The lowest BCUT2D eigenvalue weighted by atomic mass is 10.5. The molecule has 1 rings (SSSR count). The number of anilines is 1. The molecule has 14 heavy (non-hydrogen) atoms. The highest BCUT2D eigenvalue weighted by Crippen LogP contribution is 2.12. The molecule has 0 saturated carbocycles. The lowest BCUT2D eigenvalue weighted by molar-refractivity contribution is 0.583. The van der Waals surface area contributed by atoms with Crippen molar-refractivity contribution in [2.24, 2.45) is 0 Å². The average Bonchev–Trinajstić information content (AvgIpc) is 2.52. The highest BCUT2D eigenvalue weighted by molar-refractivity contribution is 7.89. The van der Waals surface area contributed by atoms with Crippen LogP contribution in [-0.2, 0) is 10.0 Å². The number of nitrogens with zero attached hydrogens (tertiary/aromatic N) is 1. The fourth-order valence-corrected chi connectivity index (χ4v) is 1.89. The summed E-state index contributed by atoms with van der Waals surface area (Å²) in [6.45, 7) is 0.184. The van der Waals surface area contributed by atoms with Crippen molar-refractivity contribution in [3.8, 4) is 12.3 Å². The first-order chi connectivity index (χ1) is 6.58. The van der Waals surface area contributed by atoms with Crippen molar-refractivity contribution >= 4 is 15.8 Å². The first-order valence-corrected chi connectivity index (χ1v) is 5.28. The molecule has 76 valence electrons. The number of rotatable bonds is 4. The lowest BCUT2D eigenvalue weighted by Gasteiger charge is -2.02. The molecule has 0 atom stereocenters. The third kappa shape index (κ3) is 2.25. The molecule has 0 spiro atoms. The van der Waals surface area contributed by atoms with E-state index < -0.39 is 10.0 Å². The van der Waals surface area contributed by atoms with Gasteiger partial charge in [0.2, 0.25) is 10.0 Å². The molecule has 0 aromatic carbocycles. The van der Waals surface area contributed by atoms with E-state index in [0.29, 0.717) is 6.42 Å². The molecule has 0 radical (unpaired) electrons. The van der Waals surface area contributed by atoms with Gasteiger partial charge in [-0.25, -0.2) is 13.1 Å². The molecule has 0 fully saturated rings. The van der Waals surface area contributed by atoms with Crippen molar-refractivity contribution in [2.45, 2.75) is 11.3 Å². The van der Waals surface area contributed by atoms with Crippen molar-refractivity contribution in [3.63, 3.8) is 0 Å². The van der Waals surface area contributed by atoms with Gasteiger partial charge in [-0.1, -0.05) is 0 Å². The molecule has 0 saturated heterocycles. The molecular weight excluding hydrogens is 204 g/mol. The van der Waals surface area contributed by atoms with Gasteiger partial charge >= 0.3 is 0 Å². The zero-order valence-corrected chi connectivity index (χ0v) is 8.13. The summed E-state index contributed by atoms with van der Waals surface area (Å²) in [7, 11) is -3.58. The zero-order chi connectivity index (χ0) is 10.6. The SMILES string of the molecule is C#CCCNS(=O)(=O)c1cn[nH]c1N. The average molecular weight is 214 g/mol. The lowest BCUT2D eigenvalue weighted by Crippen LogP contribution is -2.24. The van der Waals surface area contributed by atoms with Gasteiger partial charge in [-0.3, -0.25) is 5.10 Å². The summed E-state index contributed by atoms with van der Waals surface area (Å²) < 4.78 is 25.2. The molecule has 0 amide bonds. The Balaban J connectivity index is 2.78. The molecule has 7 heteroatoms. The summed E-state index contributed by atoms with van der Waals surface area (Å²) in [6, 6.07) is 0. The Bertz CT molecular complexity index is 443. The summed E-state index contributed by atoms with van der Waals surface area (Å²) >= 11 is 0. The fraction of sp³-hybridized carbons (Fsp3) is 0.286. The number of hydrogen-bond donors (Lipinski definition) is 3. The van der Waals surface area contributed by atoms with E-state index in [1.54, 1.807) is 0 Å². The molecule has 0 bridgehead atoms. The summed E-state index contributed by atoms with van der Waals surface area (Å²) in [5, 5.41) is 5.84. The third-order valence-corrected chi connectivity index (χ3v) is 2.97. The molecule has 6 nitrogen and oxygen atoms in total. The number of aromatic nitrogens is 2. The van der Waals surface area contributed by atoms with Gasteiger partial charge in [0.05, 0.1) is 6.20 Å². The van der Waals surface area contributed by atoms with Crippen molar-refractivity contribution in [2.75, 3.05) is 12.3 Å². The number of nitrogens with two attached hydrogens (primary N) is 1. The van der Waals surface area contributed by atoms with Crippen LogP contribution in [0.1, 0.15) is 6.42 Å². The van der Waals surface area contributed by atoms with Crippen LogP contribution in [0.2, 0.25) is 0 Å². The van der Waals surface area contributed by atoms with Gasteiger partial charge in [-0.15, -0.1) is 12.3 Å². The molecule has 0 aliphatic rings. The predicted molar refractivity (Wildman–Crippen MR) is 51.6 cm³/mol. The van der Waals surface area contributed by atoms with Crippen molar-refractivity contribution in [1.82, 2.24) is 14.9 Å². The van der Waals surface area contributed by atoms with Gasteiger partial charge in [-0.05, 0) is 0 Å². The summed E-state index contributed by atoms with van der Waals surface area (Å²) in [5.74, 6) is 2.33. The monoisotopic (exact) mass is 214 g/mol. The van der Waals surface area contributed by atoms with Crippen LogP contribution in [0.4, 0.5) is 5.82 Å². The van der Waals surface area contributed by atoms with E-state index >= 15 is 0 Å². The van der Waals surface area contributed by atoms with E-state index in [-0.39, 0.29) is 17.3 Å². The van der Waals surface area contributed by atoms with Crippen LogP contribution in [-0.4, -0.2) is 25.2 Å². The summed E-state index contributed by atoms with van der Waals surface area (Å²) in [6.07, 6.45) is 6.46. The van der Waals surface area contributed by atoms with Crippen LogP contribution in [0.5, 0.6) is 0 Å². The van der Waals surface area contributed by atoms with E-state index in [1.807, 2.05) is 0 Å². The van der Waals surface area contributed by atoms with Crippen LogP contribution < -0.4 is 10.5 Å². The molecular formula is C7H10N4O2S. The van der Waals surface area contributed by atoms with E-state index in [2.05, 4.69) is 20.8 Å². The largest absolute Gasteiger partial charge is 0.383 e. The van der Waals surface area contributed by atoms with Crippen LogP contribution in [0.3, 0.4) is 0 Å². The Morgan fingerprint density at radius 3 is 2.93 bits per heavy atom. The summed E-state index contributed by atoms with van der Waals surface area (Å²) in [4.78, 5) is -0.0606. The first kappa shape index (κ1) is 10.6. The second kappa shape index (κ2) is 4.13. The van der Waals surface area contributed by atoms with Crippen LogP contribution in [0, 0.1) is 12.3 Å². The number of terminal acetylenes is 1. The topological polar surface area (TPSA) is 101 Å². The Hall–Kier alpha value is -1.52. The Morgan fingerprint density at radius 1 is 1.71 bits per heavy atom.